The van der Waals surface area contributed by atoms with Crippen molar-refractivity contribution in [2.24, 2.45) is 0 Å². The standard InChI is InChI=1S/C36H43N5O3/c1-5-22-39-25-29(37-26-39)23-34(42)40(24-28-14-10-8-7-9-11-15-28)27(3)35-38(4)33-17-13-12-16-32(33)36(43)41(35)30-18-20-31(21-19-30)44-6-2/h7-8,10,12-21,25-27,35H,5-6,9,11,22-24H2,1-4H3/b8-7+,14-10-,28-15+/t27-,35?/m1/s1. The second-order valence-electron chi connectivity index (χ2n) is 11.3. The molecule has 8 nitrogen and oxygen atoms in total. The van der Waals surface area contributed by atoms with Gasteiger partial charge in [0.15, 0.2) is 0 Å². The average Bonchev–Trinajstić information content (AvgIpc) is 3.45. The Kier molecular flexibility index (Phi) is 10.00. The minimum Gasteiger partial charge on any atom is -0.494 e. The smallest absolute Gasteiger partial charge is 0.262 e. The Morgan fingerprint density at radius 1 is 1.09 bits per heavy atom. The largest absolute Gasteiger partial charge is 0.494 e. The molecule has 2 amide bonds. The van der Waals surface area contributed by atoms with Crippen LogP contribution in [0, 0.1) is 0 Å². The van der Waals surface area contributed by atoms with E-state index >= 15 is 0 Å². The van der Waals surface area contributed by atoms with E-state index in [0.29, 0.717) is 18.7 Å². The molecule has 0 saturated heterocycles. The highest BCUT2D eigenvalue weighted by atomic mass is 16.5. The molecule has 1 unspecified atom stereocenters. The summed E-state index contributed by atoms with van der Waals surface area (Å²) in [6.07, 6.45) is 16.8. The van der Waals surface area contributed by atoms with Crippen molar-refractivity contribution in [3.63, 3.8) is 0 Å². The van der Waals surface area contributed by atoms with Crippen LogP contribution in [0.4, 0.5) is 11.4 Å². The van der Waals surface area contributed by atoms with Gasteiger partial charge < -0.3 is 19.1 Å². The van der Waals surface area contributed by atoms with Gasteiger partial charge in [0.05, 0.1) is 42.3 Å². The molecule has 0 spiro atoms. The Morgan fingerprint density at radius 3 is 2.66 bits per heavy atom. The van der Waals surface area contributed by atoms with E-state index < -0.39 is 6.17 Å². The summed E-state index contributed by atoms with van der Waals surface area (Å²) in [4.78, 5) is 38.9. The summed E-state index contributed by atoms with van der Waals surface area (Å²) >= 11 is 0. The summed E-state index contributed by atoms with van der Waals surface area (Å²) in [7, 11) is 2.00. The first-order valence-corrected chi connectivity index (χ1v) is 15.6. The molecule has 0 radical (unpaired) electrons. The minimum atomic E-state index is -0.463. The maximum atomic E-state index is 14.3. The molecular formula is C36H43N5O3. The average molecular weight is 594 g/mol. The van der Waals surface area contributed by atoms with Gasteiger partial charge in [-0.25, -0.2) is 4.98 Å². The quantitative estimate of drug-likeness (QED) is 0.257. The lowest BCUT2D eigenvalue weighted by Gasteiger charge is -2.49. The highest BCUT2D eigenvalue weighted by molar-refractivity contribution is 6.12. The fraction of sp³-hybridized carbons (Fsp3) is 0.361. The lowest BCUT2D eigenvalue weighted by Crippen LogP contribution is -2.64. The fourth-order valence-corrected chi connectivity index (χ4v) is 6.06. The summed E-state index contributed by atoms with van der Waals surface area (Å²) in [5, 5.41) is 0. The number of ether oxygens (including phenoxy) is 1. The predicted molar refractivity (Wildman–Crippen MR) is 176 cm³/mol. The van der Waals surface area contributed by atoms with Gasteiger partial charge in [-0.15, -0.1) is 0 Å². The predicted octanol–water partition coefficient (Wildman–Crippen LogP) is 6.41. The van der Waals surface area contributed by atoms with Crippen molar-refractivity contribution >= 4 is 23.2 Å². The number of carbonyl (C=O) groups excluding carboxylic acids is 2. The first-order valence-electron chi connectivity index (χ1n) is 15.6. The number of carbonyl (C=O) groups is 2. The van der Waals surface area contributed by atoms with Gasteiger partial charge in [-0.1, -0.05) is 49.4 Å². The molecule has 230 valence electrons. The van der Waals surface area contributed by atoms with Crippen LogP contribution in [0.1, 0.15) is 56.1 Å². The third kappa shape index (κ3) is 6.80. The highest BCUT2D eigenvalue weighted by Crippen LogP contribution is 2.36. The van der Waals surface area contributed by atoms with Crippen molar-refractivity contribution in [1.29, 1.82) is 0 Å². The van der Waals surface area contributed by atoms with Gasteiger partial charge in [0.1, 0.15) is 11.9 Å². The molecule has 8 heteroatoms. The zero-order chi connectivity index (χ0) is 31.1. The van der Waals surface area contributed by atoms with Gasteiger partial charge in [-0.3, -0.25) is 14.5 Å². The van der Waals surface area contributed by atoms with Crippen LogP contribution in [-0.4, -0.2) is 58.7 Å². The number of rotatable bonds is 11. The van der Waals surface area contributed by atoms with Gasteiger partial charge in [-0.05, 0) is 75.1 Å². The van der Waals surface area contributed by atoms with Gasteiger partial charge in [0.25, 0.3) is 5.91 Å². The molecule has 44 heavy (non-hydrogen) atoms. The van der Waals surface area contributed by atoms with Crippen LogP contribution >= 0.6 is 0 Å². The van der Waals surface area contributed by atoms with Crippen LogP contribution in [0.15, 0.2) is 97.0 Å². The topological polar surface area (TPSA) is 70.9 Å². The molecule has 2 atom stereocenters. The Labute approximate surface area is 260 Å². The fourth-order valence-electron chi connectivity index (χ4n) is 6.06. The van der Waals surface area contributed by atoms with Crippen molar-refractivity contribution in [3.8, 4) is 5.75 Å². The number of benzene rings is 2. The van der Waals surface area contributed by atoms with Crippen LogP contribution in [0.25, 0.3) is 0 Å². The molecule has 0 fully saturated rings. The molecular weight excluding hydrogens is 550 g/mol. The minimum absolute atomic E-state index is 0.0301. The molecule has 2 aromatic carbocycles. The van der Waals surface area contributed by atoms with Crippen molar-refractivity contribution in [2.45, 2.75) is 65.2 Å². The number of fused-ring (bicyclic) bond motifs is 1. The van der Waals surface area contributed by atoms with Crippen LogP contribution in [0.2, 0.25) is 0 Å². The summed E-state index contributed by atoms with van der Waals surface area (Å²) in [6, 6.07) is 14.9. The third-order valence-corrected chi connectivity index (χ3v) is 8.22. The van der Waals surface area contributed by atoms with Crippen LogP contribution in [0.3, 0.4) is 0 Å². The van der Waals surface area contributed by atoms with E-state index in [-0.39, 0.29) is 24.3 Å². The number of allylic oxidation sites excluding steroid dienone is 4. The summed E-state index contributed by atoms with van der Waals surface area (Å²) in [5.74, 6) is 0.619. The number of hydrogen-bond acceptors (Lipinski definition) is 5. The number of likely N-dealkylation sites (N-methyl/N-ethyl adjacent to an activating group) is 1. The Balaban J connectivity index is 1.54. The zero-order valence-corrected chi connectivity index (χ0v) is 26.2. The van der Waals surface area contributed by atoms with Crippen molar-refractivity contribution in [3.05, 3.63) is 108 Å². The van der Waals surface area contributed by atoms with Crippen LogP contribution < -0.4 is 14.5 Å². The summed E-state index contributed by atoms with van der Waals surface area (Å²) in [6.45, 7) is 7.96. The first kappa shape index (κ1) is 30.9. The van der Waals surface area contributed by atoms with E-state index in [1.54, 1.807) is 6.33 Å². The Hall–Kier alpha value is -4.59. The van der Waals surface area contributed by atoms with E-state index in [2.05, 4.69) is 41.1 Å². The maximum Gasteiger partial charge on any atom is 0.262 e. The molecule has 0 saturated carbocycles. The van der Waals surface area contributed by atoms with Gasteiger partial charge >= 0.3 is 0 Å². The van der Waals surface area contributed by atoms with Gasteiger partial charge in [-0.2, -0.15) is 0 Å². The lowest BCUT2D eigenvalue weighted by atomic mass is 10.00. The van der Waals surface area contributed by atoms with E-state index in [1.165, 1.54) is 0 Å². The van der Waals surface area contributed by atoms with E-state index in [9.17, 15) is 9.59 Å². The molecule has 2 aliphatic rings. The molecule has 1 aliphatic heterocycles. The number of para-hydroxylation sites is 1. The Bertz CT molecular complexity index is 1540. The number of hydrogen-bond donors (Lipinski definition) is 0. The lowest BCUT2D eigenvalue weighted by molar-refractivity contribution is -0.132. The first-order chi connectivity index (χ1) is 21.4. The highest BCUT2D eigenvalue weighted by Gasteiger charge is 2.42. The summed E-state index contributed by atoms with van der Waals surface area (Å²) < 4.78 is 7.71. The molecule has 1 aliphatic carbocycles. The normalized spacial score (nSPS) is 19.7. The molecule has 0 N–H and O–H groups in total. The van der Waals surface area contributed by atoms with E-state index in [4.69, 9.17) is 4.74 Å². The second-order valence-corrected chi connectivity index (χ2v) is 11.3. The number of aryl methyl sites for hydroxylation is 1. The SMILES string of the molecule is CCCn1cnc(CC(=O)N(CC2=C/CC/C=C/C=C\2)[C@H](C)C2N(C)c3ccccc3C(=O)N2c2ccc(OCC)cc2)c1. The Morgan fingerprint density at radius 2 is 1.89 bits per heavy atom. The van der Waals surface area contributed by atoms with E-state index in [1.807, 2.05) is 96.1 Å². The van der Waals surface area contributed by atoms with Gasteiger partial charge in [0, 0.05) is 32.0 Å². The van der Waals surface area contributed by atoms with Gasteiger partial charge in [0.2, 0.25) is 5.91 Å². The molecule has 0 bridgehead atoms. The van der Waals surface area contributed by atoms with Crippen LogP contribution in [-0.2, 0) is 17.8 Å². The van der Waals surface area contributed by atoms with Crippen molar-refractivity contribution in [1.82, 2.24) is 14.5 Å². The van der Waals surface area contributed by atoms with Crippen molar-refractivity contribution < 1.29 is 14.3 Å². The van der Waals surface area contributed by atoms with E-state index in [0.717, 1.165) is 54.2 Å². The third-order valence-electron chi connectivity index (χ3n) is 8.22. The van der Waals surface area contributed by atoms with Crippen LogP contribution in [0.5, 0.6) is 5.75 Å². The molecule has 3 aromatic rings. The second kappa shape index (κ2) is 14.3. The number of anilines is 2. The number of imidazole rings is 1. The van der Waals surface area contributed by atoms with Crippen molar-refractivity contribution in [2.75, 3.05) is 30.0 Å². The number of aromatic nitrogens is 2. The zero-order valence-electron chi connectivity index (χ0n) is 26.2. The molecule has 1 aromatic heterocycles. The monoisotopic (exact) mass is 593 g/mol. The molecule has 2 heterocycles. The maximum absolute atomic E-state index is 14.3. The molecule has 5 rings (SSSR count). The number of nitrogens with zero attached hydrogens (tertiary/aromatic N) is 5. The summed E-state index contributed by atoms with van der Waals surface area (Å²) in [5.41, 5.74) is 4.04. The number of amides is 2.